The van der Waals surface area contributed by atoms with Crippen LogP contribution in [0.1, 0.15) is 44.3 Å². The number of hydrogen-bond acceptors (Lipinski definition) is 7. The van der Waals surface area contributed by atoms with E-state index in [1.165, 1.54) is 13.2 Å². The molecule has 0 spiro atoms. The number of ether oxygens (including phenoxy) is 1. The summed E-state index contributed by atoms with van der Waals surface area (Å²) in [6.07, 6.45) is 4.81. The zero-order valence-electron chi connectivity index (χ0n) is 13.2. The Bertz CT molecular complexity index is 679. The highest BCUT2D eigenvalue weighted by molar-refractivity contribution is 7.85. The average Bonchev–Trinajstić information content (AvgIpc) is 2.99. The van der Waals surface area contributed by atoms with Gasteiger partial charge in [-0.05, 0) is 25.0 Å². The molecule has 0 aliphatic heterocycles. The summed E-state index contributed by atoms with van der Waals surface area (Å²) in [7, 11) is -3.05. The monoisotopic (exact) mass is 360 g/mol. The minimum atomic E-state index is -4.39. The number of furan rings is 1. The lowest BCUT2D eigenvalue weighted by Crippen LogP contribution is -2.16. The van der Waals surface area contributed by atoms with E-state index < -0.39 is 15.2 Å². The number of rotatable bonds is 10. The van der Waals surface area contributed by atoms with Crippen molar-refractivity contribution in [2.24, 2.45) is 5.10 Å². The molecule has 1 aromatic heterocycles. The number of esters is 1. The van der Waals surface area contributed by atoms with Gasteiger partial charge in [-0.2, -0.15) is 13.5 Å². The molecule has 9 nitrogen and oxygen atoms in total. The Morgan fingerprint density at radius 3 is 2.50 bits per heavy atom. The Morgan fingerprint density at radius 1 is 1.25 bits per heavy atom. The van der Waals surface area contributed by atoms with Crippen LogP contribution < -0.4 is 5.43 Å². The number of hydrazone groups is 1. The maximum atomic E-state index is 11.5. The van der Waals surface area contributed by atoms with Crippen LogP contribution in [-0.4, -0.2) is 38.2 Å². The number of unbranched alkanes of at least 4 members (excludes halogenated alkanes) is 3. The molecule has 24 heavy (non-hydrogen) atoms. The van der Waals surface area contributed by atoms with Gasteiger partial charge in [-0.3, -0.25) is 14.1 Å². The van der Waals surface area contributed by atoms with Crippen LogP contribution in [0.4, 0.5) is 0 Å². The van der Waals surface area contributed by atoms with Crippen LogP contribution in [0.15, 0.2) is 26.7 Å². The third kappa shape index (κ3) is 7.88. The normalized spacial score (nSPS) is 11.6. The molecule has 0 saturated heterocycles. The van der Waals surface area contributed by atoms with E-state index in [1.54, 1.807) is 0 Å². The second-order valence-corrected chi connectivity index (χ2v) is 6.27. The molecule has 10 heteroatoms. The Labute approximate surface area is 139 Å². The Hall–Kier alpha value is -2.20. The number of methoxy groups -OCH3 is 1. The first-order chi connectivity index (χ1) is 11.3. The molecule has 1 heterocycles. The minimum Gasteiger partial charge on any atom is -0.469 e. The molecule has 1 rings (SSSR count). The minimum absolute atomic E-state index is 0.0748. The molecule has 0 aliphatic rings. The van der Waals surface area contributed by atoms with Gasteiger partial charge in [-0.15, -0.1) is 0 Å². The van der Waals surface area contributed by atoms with Gasteiger partial charge in [0.25, 0.3) is 0 Å². The Balaban J connectivity index is 2.19. The van der Waals surface area contributed by atoms with E-state index in [-0.39, 0.29) is 24.1 Å². The zero-order chi connectivity index (χ0) is 18.0. The van der Waals surface area contributed by atoms with E-state index in [0.29, 0.717) is 12.8 Å². The van der Waals surface area contributed by atoms with Crippen molar-refractivity contribution in [3.8, 4) is 0 Å². The van der Waals surface area contributed by atoms with Crippen molar-refractivity contribution in [2.45, 2.75) is 43.6 Å². The molecule has 0 aliphatic carbocycles. The van der Waals surface area contributed by atoms with E-state index in [2.05, 4.69) is 15.3 Å². The zero-order valence-corrected chi connectivity index (χ0v) is 14.0. The van der Waals surface area contributed by atoms with Crippen molar-refractivity contribution in [3.05, 3.63) is 17.9 Å². The molecular formula is C14H20N2O7S. The molecule has 0 fully saturated rings. The lowest BCUT2D eigenvalue weighted by Gasteiger charge is -2.01. The standard InChI is InChI=1S/C14H20N2O7S/c1-22-13(18)7-5-3-2-4-6-12(17)16-15-10-11-8-9-14(23-11)24(19,20)21/h8-10H,2-7H2,1H3,(H,16,17)(H,19,20,21)/b15-10+. The second-order valence-electron chi connectivity index (χ2n) is 4.92. The number of nitrogens with one attached hydrogen (secondary N) is 1. The molecule has 0 aromatic carbocycles. The largest absolute Gasteiger partial charge is 0.469 e. The lowest BCUT2D eigenvalue weighted by atomic mass is 10.1. The van der Waals surface area contributed by atoms with Gasteiger partial charge in [0, 0.05) is 12.8 Å². The molecular weight excluding hydrogens is 340 g/mol. The van der Waals surface area contributed by atoms with Gasteiger partial charge in [0.1, 0.15) is 5.76 Å². The SMILES string of the molecule is COC(=O)CCCCCCC(=O)N/N=C/c1ccc(S(=O)(=O)O)o1. The van der Waals surface area contributed by atoms with Crippen molar-refractivity contribution in [1.82, 2.24) is 5.43 Å². The van der Waals surface area contributed by atoms with Crippen LogP contribution >= 0.6 is 0 Å². The molecule has 1 amide bonds. The number of nitrogens with zero attached hydrogens (tertiary/aromatic N) is 1. The van der Waals surface area contributed by atoms with Crippen molar-refractivity contribution < 1.29 is 31.7 Å². The highest BCUT2D eigenvalue weighted by Crippen LogP contribution is 2.11. The van der Waals surface area contributed by atoms with Gasteiger partial charge in [-0.25, -0.2) is 5.43 Å². The fourth-order valence-electron chi connectivity index (χ4n) is 1.78. The summed E-state index contributed by atoms with van der Waals surface area (Å²) < 4.78 is 39.7. The summed E-state index contributed by atoms with van der Waals surface area (Å²) in [6.45, 7) is 0. The predicted molar refractivity (Wildman–Crippen MR) is 84.0 cm³/mol. The number of carbonyl (C=O) groups is 2. The maximum absolute atomic E-state index is 11.5. The first-order valence-corrected chi connectivity index (χ1v) is 8.73. The van der Waals surface area contributed by atoms with Gasteiger partial charge in [0.15, 0.2) is 0 Å². The number of hydrogen-bond donors (Lipinski definition) is 2. The van der Waals surface area contributed by atoms with Crippen LogP contribution in [0.5, 0.6) is 0 Å². The van der Waals surface area contributed by atoms with Crippen molar-refractivity contribution in [1.29, 1.82) is 0 Å². The van der Waals surface area contributed by atoms with Gasteiger partial charge in [0.05, 0.1) is 13.3 Å². The lowest BCUT2D eigenvalue weighted by molar-refractivity contribution is -0.140. The van der Waals surface area contributed by atoms with Gasteiger partial charge in [-0.1, -0.05) is 12.8 Å². The average molecular weight is 360 g/mol. The van der Waals surface area contributed by atoms with E-state index in [0.717, 1.165) is 31.5 Å². The molecule has 134 valence electrons. The molecule has 0 atom stereocenters. The fraction of sp³-hybridized carbons (Fsp3) is 0.500. The maximum Gasteiger partial charge on any atom is 0.328 e. The molecule has 1 aromatic rings. The first kappa shape index (κ1) is 19.8. The fourth-order valence-corrected chi connectivity index (χ4v) is 2.22. The van der Waals surface area contributed by atoms with Crippen molar-refractivity contribution >= 4 is 28.2 Å². The van der Waals surface area contributed by atoms with Gasteiger partial charge >= 0.3 is 16.1 Å². The summed E-state index contributed by atoms with van der Waals surface area (Å²) in [5, 5.41) is 3.04. The van der Waals surface area contributed by atoms with Crippen LogP contribution in [0.2, 0.25) is 0 Å². The van der Waals surface area contributed by atoms with Crippen molar-refractivity contribution in [3.63, 3.8) is 0 Å². The summed E-state index contributed by atoms with van der Waals surface area (Å²) >= 11 is 0. The third-order valence-electron chi connectivity index (χ3n) is 3.00. The summed E-state index contributed by atoms with van der Waals surface area (Å²) in [6, 6.07) is 2.37. The van der Waals surface area contributed by atoms with E-state index >= 15 is 0 Å². The van der Waals surface area contributed by atoms with E-state index in [1.807, 2.05) is 0 Å². The smallest absolute Gasteiger partial charge is 0.328 e. The van der Waals surface area contributed by atoms with Crippen LogP contribution in [0, 0.1) is 0 Å². The van der Waals surface area contributed by atoms with Gasteiger partial charge < -0.3 is 9.15 Å². The molecule has 0 bridgehead atoms. The Kier molecular flexibility index (Phi) is 8.13. The molecule has 0 saturated carbocycles. The topological polar surface area (TPSA) is 135 Å². The molecule has 0 radical (unpaired) electrons. The summed E-state index contributed by atoms with van der Waals surface area (Å²) in [5.74, 6) is -0.455. The highest BCUT2D eigenvalue weighted by atomic mass is 32.2. The van der Waals surface area contributed by atoms with Gasteiger partial charge in [0.2, 0.25) is 11.0 Å². The number of carbonyl (C=O) groups excluding carboxylic acids is 2. The van der Waals surface area contributed by atoms with Crippen LogP contribution in [0.3, 0.4) is 0 Å². The number of amides is 1. The van der Waals surface area contributed by atoms with Crippen LogP contribution in [-0.2, 0) is 24.4 Å². The second kappa shape index (κ2) is 9.83. The van der Waals surface area contributed by atoms with Crippen LogP contribution in [0.25, 0.3) is 0 Å². The highest BCUT2D eigenvalue weighted by Gasteiger charge is 2.13. The Morgan fingerprint density at radius 2 is 1.92 bits per heavy atom. The molecule has 0 unspecified atom stereocenters. The predicted octanol–water partition coefficient (Wildman–Crippen LogP) is 1.49. The van der Waals surface area contributed by atoms with E-state index in [9.17, 15) is 18.0 Å². The third-order valence-corrected chi connectivity index (χ3v) is 3.73. The quantitative estimate of drug-likeness (QED) is 0.212. The van der Waals surface area contributed by atoms with Crippen molar-refractivity contribution in [2.75, 3.05) is 7.11 Å². The van der Waals surface area contributed by atoms with E-state index in [4.69, 9.17) is 8.97 Å². The molecule has 2 N–H and O–H groups in total. The summed E-state index contributed by atoms with van der Waals surface area (Å²) in [4.78, 5) is 22.4. The summed E-state index contributed by atoms with van der Waals surface area (Å²) in [5.41, 5.74) is 2.28. The first-order valence-electron chi connectivity index (χ1n) is 7.29.